The molecular weight excluding hydrogens is 242 g/mol. The number of hydrogen-bond acceptors (Lipinski definition) is 4. The van der Waals surface area contributed by atoms with Gasteiger partial charge in [0.25, 0.3) is 0 Å². The van der Waals surface area contributed by atoms with Crippen LogP contribution in [0.25, 0.3) is 0 Å². The Morgan fingerprint density at radius 3 is 2.89 bits per heavy atom. The summed E-state index contributed by atoms with van der Waals surface area (Å²) in [5.41, 5.74) is 0.898. The Labute approximate surface area is 113 Å². The molecule has 5 nitrogen and oxygen atoms in total. The molecule has 2 atom stereocenters. The van der Waals surface area contributed by atoms with Gasteiger partial charge >= 0.3 is 0 Å². The van der Waals surface area contributed by atoms with E-state index in [2.05, 4.69) is 4.98 Å². The average molecular weight is 263 g/mol. The molecule has 1 N–H and O–H groups in total. The van der Waals surface area contributed by atoms with E-state index in [1.165, 1.54) is 0 Å². The highest BCUT2D eigenvalue weighted by atomic mass is 16.3. The largest absolute Gasteiger partial charge is 0.396 e. The second-order valence-electron chi connectivity index (χ2n) is 5.10. The molecule has 1 aromatic rings. The Morgan fingerprint density at radius 1 is 1.47 bits per heavy atom. The van der Waals surface area contributed by atoms with E-state index in [-0.39, 0.29) is 24.6 Å². The Hall–Kier alpha value is -1.46. The van der Waals surface area contributed by atoms with Crippen LogP contribution in [0.3, 0.4) is 0 Å². The van der Waals surface area contributed by atoms with Gasteiger partial charge in [-0.3, -0.25) is 14.7 Å². The van der Waals surface area contributed by atoms with Crippen LogP contribution in [-0.4, -0.2) is 58.1 Å². The van der Waals surface area contributed by atoms with Crippen molar-refractivity contribution in [1.29, 1.82) is 0 Å². The topological polar surface area (TPSA) is 56.7 Å². The minimum absolute atomic E-state index is 0.0343. The van der Waals surface area contributed by atoms with Crippen molar-refractivity contribution < 1.29 is 9.90 Å². The standard InChI is InChI=1S/C14H21N3O2/c1-11-9-16(2)13(6-8-18)14(19)17(11)10-12-5-3-4-7-15-12/h3-5,7,11,13,18H,6,8-10H2,1-2H3. The van der Waals surface area contributed by atoms with Crippen LogP contribution in [-0.2, 0) is 11.3 Å². The summed E-state index contributed by atoms with van der Waals surface area (Å²) >= 11 is 0. The molecule has 1 aliphatic heterocycles. The van der Waals surface area contributed by atoms with Crippen LogP contribution in [0.5, 0.6) is 0 Å². The summed E-state index contributed by atoms with van der Waals surface area (Å²) in [6, 6.07) is 5.67. The van der Waals surface area contributed by atoms with Crippen LogP contribution >= 0.6 is 0 Å². The van der Waals surface area contributed by atoms with Gasteiger partial charge in [0.05, 0.1) is 18.3 Å². The second-order valence-corrected chi connectivity index (χ2v) is 5.10. The lowest BCUT2D eigenvalue weighted by Gasteiger charge is -2.42. The summed E-state index contributed by atoms with van der Waals surface area (Å²) < 4.78 is 0. The summed E-state index contributed by atoms with van der Waals surface area (Å²) in [6.45, 7) is 3.44. The maximum atomic E-state index is 12.5. The molecule has 1 aromatic heterocycles. The van der Waals surface area contributed by atoms with Crippen molar-refractivity contribution in [2.24, 2.45) is 0 Å². The number of likely N-dealkylation sites (N-methyl/N-ethyl adjacent to an activating group) is 1. The molecule has 2 heterocycles. The smallest absolute Gasteiger partial charge is 0.240 e. The number of amides is 1. The van der Waals surface area contributed by atoms with Crippen molar-refractivity contribution in [3.8, 4) is 0 Å². The van der Waals surface area contributed by atoms with Gasteiger partial charge in [-0.05, 0) is 32.5 Å². The highest BCUT2D eigenvalue weighted by Crippen LogP contribution is 2.19. The van der Waals surface area contributed by atoms with Crippen molar-refractivity contribution in [2.75, 3.05) is 20.2 Å². The number of piperazine rings is 1. The van der Waals surface area contributed by atoms with E-state index < -0.39 is 0 Å². The van der Waals surface area contributed by atoms with Crippen molar-refractivity contribution in [3.05, 3.63) is 30.1 Å². The van der Waals surface area contributed by atoms with Gasteiger partial charge in [-0.25, -0.2) is 0 Å². The van der Waals surface area contributed by atoms with Crippen molar-refractivity contribution in [3.63, 3.8) is 0 Å². The number of carbonyl (C=O) groups excluding carboxylic acids is 1. The van der Waals surface area contributed by atoms with Crippen LogP contribution in [0.2, 0.25) is 0 Å². The summed E-state index contributed by atoms with van der Waals surface area (Å²) in [5, 5.41) is 9.09. The first-order valence-electron chi connectivity index (χ1n) is 6.65. The third-order valence-corrected chi connectivity index (χ3v) is 3.65. The average Bonchev–Trinajstić information content (AvgIpc) is 2.41. The lowest BCUT2D eigenvalue weighted by Crippen LogP contribution is -2.59. The van der Waals surface area contributed by atoms with E-state index in [1.807, 2.05) is 42.0 Å². The molecular formula is C14H21N3O2. The van der Waals surface area contributed by atoms with Gasteiger partial charge in [-0.2, -0.15) is 0 Å². The Balaban J connectivity index is 2.12. The van der Waals surface area contributed by atoms with Crippen LogP contribution < -0.4 is 0 Å². The molecule has 1 amide bonds. The van der Waals surface area contributed by atoms with Crippen molar-refractivity contribution in [1.82, 2.24) is 14.8 Å². The van der Waals surface area contributed by atoms with E-state index in [1.54, 1.807) is 6.20 Å². The zero-order chi connectivity index (χ0) is 13.8. The highest BCUT2D eigenvalue weighted by molar-refractivity contribution is 5.83. The molecule has 0 aromatic carbocycles. The summed E-state index contributed by atoms with van der Waals surface area (Å²) in [7, 11) is 1.94. The maximum absolute atomic E-state index is 12.5. The summed E-state index contributed by atoms with van der Waals surface area (Å²) in [6.07, 6.45) is 2.23. The molecule has 0 spiro atoms. The third kappa shape index (κ3) is 3.11. The van der Waals surface area contributed by atoms with Gasteiger partial charge < -0.3 is 10.0 Å². The van der Waals surface area contributed by atoms with Gasteiger partial charge in [0, 0.05) is 25.4 Å². The zero-order valence-corrected chi connectivity index (χ0v) is 11.5. The van der Waals surface area contributed by atoms with Crippen LogP contribution in [0, 0.1) is 0 Å². The fraction of sp³-hybridized carbons (Fsp3) is 0.571. The first kappa shape index (κ1) is 14.0. The molecule has 19 heavy (non-hydrogen) atoms. The Morgan fingerprint density at radius 2 is 2.26 bits per heavy atom. The molecule has 1 saturated heterocycles. The van der Waals surface area contributed by atoms with Crippen molar-refractivity contribution in [2.45, 2.75) is 32.0 Å². The molecule has 2 rings (SSSR count). The lowest BCUT2D eigenvalue weighted by molar-refractivity contribution is -0.146. The van der Waals surface area contributed by atoms with Gasteiger partial charge in [0.1, 0.15) is 0 Å². The van der Waals surface area contributed by atoms with Crippen LogP contribution in [0.15, 0.2) is 24.4 Å². The quantitative estimate of drug-likeness (QED) is 0.859. The van der Waals surface area contributed by atoms with Gasteiger partial charge in [0.2, 0.25) is 5.91 Å². The number of carbonyl (C=O) groups is 1. The number of aliphatic hydroxyl groups excluding tert-OH is 1. The Kier molecular flexibility index (Phi) is 4.50. The number of pyridine rings is 1. The number of aromatic nitrogens is 1. The fourth-order valence-corrected chi connectivity index (χ4v) is 2.61. The van der Waals surface area contributed by atoms with Gasteiger partial charge in [-0.1, -0.05) is 6.07 Å². The van der Waals surface area contributed by atoms with E-state index in [0.717, 1.165) is 12.2 Å². The lowest BCUT2D eigenvalue weighted by atomic mass is 10.0. The normalized spacial score (nSPS) is 24.8. The predicted molar refractivity (Wildman–Crippen MR) is 72.4 cm³/mol. The maximum Gasteiger partial charge on any atom is 0.240 e. The van der Waals surface area contributed by atoms with E-state index in [9.17, 15) is 4.79 Å². The monoisotopic (exact) mass is 263 g/mol. The Bertz CT molecular complexity index is 424. The number of hydrogen-bond donors (Lipinski definition) is 1. The van der Waals surface area contributed by atoms with E-state index >= 15 is 0 Å². The summed E-state index contributed by atoms with van der Waals surface area (Å²) in [4.78, 5) is 20.7. The van der Waals surface area contributed by atoms with Gasteiger partial charge in [-0.15, -0.1) is 0 Å². The van der Waals surface area contributed by atoms with E-state index in [0.29, 0.717) is 13.0 Å². The molecule has 1 fully saturated rings. The number of nitrogens with zero attached hydrogens (tertiary/aromatic N) is 3. The first-order chi connectivity index (χ1) is 9.13. The molecule has 0 saturated carbocycles. The predicted octanol–water partition coefficient (Wildman–Crippen LogP) is 0.495. The molecule has 1 aliphatic rings. The molecule has 0 radical (unpaired) electrons. The molecule has 5 heteroatoms. The fourth-order valence-electron chi connectivity index (χ4n) is 2.61. The number of rotatable bonds is 4. The zero-order valence-electron chi connectivity index (χ0n) is 11.5. The molecule has 0 aliphatic carbocycles. The van der Waals surface area contributed by atoms with E-state index in [4.69, 9.17) is 5.11 Å². The summed E-state index contributed by atoms with van der Waals surface area (Å²) in [5.74, 6) is 0.0842. The van der Waals surface area contributed by atoms with Crippen molar-refractivity contribution >= 4 is 5.91 Å². The molecule has 104 valence electrons. The third-order valence-electron chi connectivity index (χ3n) is 3.65. The van der Waals surface area contributed by atoms with Gasteiger partial charge in [0.15, 0.2) is 0 Å². The highest BCUT2D eigenvalue weighted by Gasteiger charge is 2.36. The number of aliphatic hydroxyl groups is 1. The van der Waals surface area contributed by atoms with Crippen LogP contribution in [0.4, 0.5) is 0 Å². The first-order valence-corrected chi connectivity index (χ1v) is 6.65. The second kappa shape index (κ2) is 6.12. The molecule has 0 bridgehead atoms. The van der Waals surface area contributed by atoms with Crippen LogP contribution in [0.1, 0.15) is 19.0 Å². The minimum atomic E-state index is -0.218. The SMILES string of the molecule is CC1CN(C)C(CCO)C(=O)N1Cc1ccccn1. The minimum Gasteiger partial charge on any atom is -0.396 e. The molecule has 2 unspecified atom stereocenters.